The maximum Gasteiger partial charge on any atom is 0.411 e. The summed E-state index contributed by atoms with van der Waals surface area (Å²) in [6.45, 7) is 5.11. The van der Waals surface area contributed by atoms with Gasteiger partial charge in [0.25, 0.3) is 0 Å². The maximum absolute atomic E-state index is 11.9. The number of aromatic nitrogens is 1. The van der Waals surface area contributed by atoms with Gasteiger partial charge in [0.1, 0.15) is 24.8 Å². The molecule has 0 radical (unpaired) electrons. The predicted molar refractivity (Wildman–Crippen MR) is 139 cm³/mol. The highest BCUT2D eigenvalue weighted by molar-refractivity contribution is 5.95. The van der Waals surface area contributed by atoms with Gasteiger partial charge < -0.3 is 19.8 Å². The van der Waals surface area contributed by atoms with E-state index in [1.807, 2.05) is 42.5 Å². The first-order valence-electron chi connectivity index (χ1n) is 11.9. The first-order chi connectivity index (χ1) is 17.4. The van der Waals surface area contributed by atoms with Gasteiger partial charge >= 0.3 is 6.09 Å². The summed E-state index contributed by atoms with van der Waals surface area (Å²) in [5, 5.41) is 18.7. The molecule has 36 heavy (non-hydrogen) atoms. The van der Waals surface area contributed by atoms with Gasteiger partial charge in [-0.2, -0.15) is 10.4 Å². The first kappa shape index (κ1) is 24.9. The molecule has 2 aromatic carbocycles. The molecule has 3 aromatic rings. The zero-order chi connectivity index (χ0) is 25.7. The maximum atomic E-state index is 11.9. The van der Waals surface area contributed by atoms with E-state index in [0.29, 0.717) is 36.1 Å². The lowest BCUT2D eigenvalue weighted by Crippen LogP contribution is -2.30. The van der Waals surface area contributed by atoms with E-state index < -0.39 is 6.09 Å². The molecule has 0 spiro atoms. The number of fused-ring (bicyclic) bond motifs is 1. The fourth-order valence-corrected chi connectivity index (χ4v) is 4.05. The monoisotopic (exact) mass is 489 g/mol. The smallest absolute Gasteiger partial charge is 0.411 e. The van der Waals surface area contributed by atoms with Crippen molar-refractivity contribution in [3.8, 4) is 23.1 Å². The van der Waals surface area contributed by atoms with Gasteiger partial charge in [0.05, 0.1) is 29.4 Å². The normalized spacial score (nSPS) is 13.2. The highest BCUT2D eigenvalue weighted by Gasteiger charge is 2.26. The van der Waals surface area contributed by atoms with E-state index in [1.54, 1.807) is 13.8 Å². The molecule has 1 fully saturated rings. The summed E-state index contributed by atoms with van der Waals surface area (Å²) in [4.78, 5) is 11.9. The van der Waals surface area contributed by atoms with E-state index in [0.717, 1.165) is 35.0 Å². The van der Waals surface area contributed by atoms with Crippen LogP contribution in [0.1, 0.15) is 32.3 Å². The SMILES string of the molecule is CC(C)OC(=O)Nc1ccc(-c2c(C#N)c3ccc(OCCN(N)/N=C\N)cc3n2CC2CC2)cc1. The second kappa shape index (κ2) is 11.0. The Morgan fingerprint density at radius 1 is 1.31 bits per heavy atom. The molecule has 1 saturated carbocycles. The van der Waals surface area contributed by atoms with Crippen molar-refractivity contribution in [2.24, 2.45) is 22.6 Å². The Morgan fingerprint density at radius 3 is 2.69 bits per heavy atom. The third kappa shape index (κ3) is 5.87. The number of nitrogens with two attached hydrogens (primary N) is 2. The van der Waals surface area contributed by atoms with Crippen LogP contribution in [0.5, 0.6) is 5.75 Å². The molecule has 1 aliphatic rings. The van der Waals surface area contributed by atoms with Crippen LogP contribution in [0, 0.1) is 17.2 Å². The number of anilines is 1. The summed E-state index contributed by atoms with van der Waals surface area (Å²) >= 11 is 0. The van der Waals surface area contributed by atoms with Crippen LogP contribution in [-0.4, -0.2) is 41.4 Å². The molecule has 0 saturated heterocycles. The molecule has 4 rings (SSSR count). The van der Waals surface area contributed by atoms with Gasteiger partial charge in [0.2, 0.25) is 0 Å². The molecule has 10 nitrogen and oxygen atoms in total. The topological polar surface area (TPSA) is 144 Å². The second-order valence-corrected chi connectivity index (χ2v) is 9.00. The summed E-state index contributed by atoms with van der Waals surface area (Å²) < 4.78 is 13.2. The van der Waals surface area contributed by atoms with E-state index >= 15 is 0 Å². The molecule has 1 aliphatic carbocycles. The number of benzene rings is 2. The molecule has 0 atom stereocenters. The minimum absolute atomic E-state index is 0.205. The van der Waals surface area contributed by atoms with Crippen molar-refractivity contribution in [2.75, 3.05) is 18.5 Å². The van der Waals surface area contributed by atoms with Crippen LogP contribution in [0.2, 0.25) is 0 Å². The first-order valence-corrected chi connectivity index (χ1v) is 11.9. The number of hydrogen-bond donors (Lipinski definition) is 3. The summed E-state index contributed by atoms with van der Waals surface area (Å²) in [6, 6.07) is 15.6. The molecular formula is C26H31N7O3. The van der Waals surface area contributed by atoms with E-state index in [9.17, 15) is 10.1 Å². The van der Waals surface area contributed by atoms with E-state index in [4.69, 9.17) is 21.1 Å². The van der Waals surface area contributed by atoms with Crippen molar-refractivity contribution >= 4 is 29.0 Å². The van der Waals surface area contributed by atoms with E-state index in [-0.39, 0.29) is 6.10 Å². The van der Waals surface area contributed by atoms with Crippen LogP contribution >= 0.6 is 0 Å². The Kier molecular flexibility index (Phi) is 7.61. The van der Waals surface area contributed by atoms with E-state index in [1.165, 1.54) is 18.0 Å². The number of amides is 1. The molecule has 188 valence electrons. The number of carbonyl (C=O) groups is 1. The largest absolute Gasteiger partial charge is 0.492 e. The average Bonchev–Trinajstić information content (AvgIpc) is 3.61. The molecular weight excluding hydrogens is 458 g/mol. The summed E-state index contributed by atoms with van der Waals surface area (Å²) in [7, 11) is 0. The molecule has 0 aliphatic heterocycles. The van der Waals surface area contributed by atoms with Crippen molar-refractivity contribution in [2.45, 2.75) is 39.3 Å². The van der Waals surface area contributed by atoms with Gasteiger partial charge in [-0.1, -0.05) is 12.1 Å². The molecule has 0 bridgehead atoms. The number of hydrogen-bond acceptors (Lipinski definition) is 7. The predicted octanol–water partition coefficient (Wildman–Crippen LogP) is 4.00. The van der Waals surface area contributed by atoms with Gasteiger partial charge in [0.15, 0.2) is 0 Å². The molecule has 0 unspecified atom stereocenters. The van der Waals surface area contributed by atoms with Crippen LogP contribution in [0.4, 0.5) is 10.5 Å². The van der Waals surface area contributed by atoms with Crippen LogP contribution in [0.25, 0.3) is 22.2 Å². The van der Waals surface area contributed by atoms with Gasteiger partial charge in [-0.25, -0.2) is 15.8 Å². The minimum atomic E-state index is -0.501. The van der Waals surface area contributed by atoms with Crippen LogP contribution < -0.4 is 21.6 Å². The molecule has 1 heterocycles. The Balaban J connectivity index is 1.65. The standard InChI is InChI=1S/C26H31N7O3/c1-17(2)36-26(34)31-20-7-5-19(6-8-20)25-23(14-27)22-10-9-21(35-12-11-33(29)30-16-28)13-24(22)32(25)15-18-3-4-18/h5-10,13,16-18H,3-4,11-12,15,29H2,1-2H3,(H2,28,30)(H,31,34). The number of nitrogens with zero attached hydrogens (tertiary/aromatic N) is 4. The van der Waals surface area contributed by atoms with Crippen LogP contribution in [-0.2, 0) is 11.3 Å². The molecule has 10 heteroatoms. The Labute approximate surface area is 210 Å². The molecule has 5 N–H and O–H groups in total. The summed E-state index contributed by atoms with van der Waals surface area (Å²) in [6.07, 6.45) is 2.77. The number of hydrazone groups is 1. The average molecular weight is 490 g/mol. The van der Waals surface area contributed by atoms with Crippen molar-refractivity contribution in [3.05, 3.63) is 48.0 Å². The van der Waals surface area contributed by atoms with Gasteiger partial charge in [-0.15, -0.1) is 0 Å². The highest BCUT2D eigenvalue weighted by atomic mass is 16.6. The molecule has 1 amide bonds. The lowest BCUT2D eigenvalue weighted by molar-refractivity contribution is 0.130. The zero-order valence-electron chi connectivity index (χ0n) is 20.5. The lowest BCUT2D eigenvalue weighted by atomic mass is 10.1. The van der Waals surface area contributed by atoms with E-state index in [2.05, 4.69) is 21.1 Å². The Bertz CT molecular complexity index is 1290. The zero-order valence-corrected chi connectivity index (χ0v) is 20.5. The number of rotatable bonds is 10. The second-order valence-electron chi connectivity index (χ2n) is 9.00. The Hall–Kier alpha value is -4.23. The Morgan fingerprint density at radius 2 is 2.06 bits per heavy atom. The van der Waals surface area contributed by atoms with Gasteiger partial charge in [-0.05, 0) is 62.4 Å². The lowest BCUT2D eigenvalue weighted by Gasteiger charge is -2.14. The number of carbonyl (C=O) groups excluding carboxylic acids is 1. The molecule has 1 aromatic heterocycles. The fraction of sp³-hybridized carbons (Fsp3) is 0.346. The minimum Gasteiger partial charge on any atom is -0.492 e. The highest BCUT2D eigenvalue weighted by Crippen LogP contribution is 2.39. The summed E-state index contributed by atoms with van der Waals surface area (Å²) in [5.41, 5.74) is 9.19. The number of nitrogens with one attached hydrogen (secondary N) is 1. The number of ether oxygens (including phenoxy) is 2. The fourth-order valence-electron chi connectivity index (χ4n) is 4.05. The number of nitriles is 1. The number of hydrazine groups is 1. The quantitative estimate of drug-likeness (QED) is 0.169. The van der Waals surface area contributed by atoms with Crippen molar-refractivity contribution in [1.29, 1.82) is 5.26 Å². The van der Waals surface area contributed by atoms with Crippen molar-refractivity contribution < 1.29 is 14.3 Å². The van der Waals surface area contributed by atoms with Crippen LogP contribution in [0.3, 0.4) is 0 Å². The van der Waals surface area contributed by atoms with Crippen molar-refractivity contribution in [3.63, 3.8) is 0 Å². The van der Waals surface area contributed by atoms with Crippen molar-refractivity contribution in [1.82, 2.24) is 9.69 Å². The van der Waals surface area contributed by atoms with Gasteiger partial charge in [0, 0.05) is 23.7 Å². The third-order valence-corrected chi connectivity index (χ3v) is 5.84. The van der Waals surface area contributed by atoms with Crippen LogP contribution in [0.15, 0.2) is 47.6 Å². The summed E-state index contributed by atoms with van der Waals surface area (Å²) in [5.74, 6) is 6.96. The van der Waals surface area contributed by atoms with Gasteiger partial charge in [-0.3, -0.25) is 5.32 Å². The third-order valence-electron chi connectivity index (χ3n) is 5.84.